The maximum atomic E-state index is 11.2. The van der Waals surface area contributed by atoms with Gasteiger partial charge in [0, 0.05) is 6.04 Å². The van der Waals surface area contributed by atoms with Crippen LogP contribution in [0.25, 0.3) is 0 Å². The second kappa shape index (κ2) is 6.16. The molecule has 0 amide bonds. The van der Waals surface area contributed by atoms with Crippen molar-refractivity contribution in [2.75, 3.05) is 6.61 Å². The topological polar surface area (TPSA) is 72.5 Å². The molecule has 0 fully saturated rings. The first-order valence-corrected chi connectivity index (χ1v) is 4.78. The van der Waals surface area contributed by atoms with Crippen LogP contribution in [0.15, 0.2) is 30.3 Å². The fourth-order valence-electron chi connectivity index (χ4n) is 1.08. The lowest BCUT2D eigenvalue weighted by atomic mass is 10.2. The van der Waals surface area contributed by atoms with Crippen LogP contribution in [0.3, 0.4) is 0 Å². The van der Waals surface area contributed by atoms with Crippen LogP contribution in [0.1, 0.15) is 12.0 Å². The van der Waals surface area contributed by atoms with E-state index < -0.39 is 6.04 Å². The molecule has 0 spiro atoms. The van der Waals surface area contributed by atoms with Crippen molar-refractivity contribution in [2.45, 2.75) is 19.1 Å². The summed E-state index contributed by atoms with van der Waals surface area (Å²) in [5, 5.41) is 8.64. The highest BCUT2D eigenvalue weighted by Gasteiger charge is 2.09. The molecular weight excluding hydrogens is 194 g/mol. The summed E-state index contributed by atoms with van der Waals surface area (Å²) in [6.07, 6.45) is 0.0450. The summed E-state index contributed by atoms with van der Waals surface area (Å²) in [7, 11) is 0. The third-order valence-corrected chi connectivity index (χ3v) is 1.91. The van der Waals surface area contributed by atoms with Gasteiger partial charge in [0.1, 0.15) is 6.61 Å². The first kappa shape index (κ1) is 11.7. The molecule has 0 heterocycles. The molecule has 4 nitrogen and oxygen atoms in total. The molecule has 1 aromatic carbocycles. The molecule has 82 valence electrons. The molecule has 0 aliphatic heterocycles. The third-order valence-electron chi connectivity index (χ3n) is 1.91. The number of carbonyl (C=O) groups excluding carboxylic acids is 1. The number of aliphatic hydroxyl groups is 1. The maximum absolute atomic E-state index is 11.2. The van der Waals surface area contributed by atoms with Gasteiger partial charge in [0.15, 0.2) is 0 Å². The van der Waals surface area contributed by atoms with Gasteiger partial charge in [0.05, 0.1) is 13.0 Å². The SMILES string of the molecule is N[C@H](CO)CC(=O)OCc1ccccc1. The monoisotopic (exact) mass is 209 g/mol. The van der Waals surface area contributed by atoms with E-state index in [0.29, 0.717) is 0 Å². The van der Waals surface area contributed by atoms with E-state index in [9.17, 15) is 4.79 Å². The van der Waals surface area contributed by atoms with Crippen molar-refractivity contribution in [3.05, 3.63) is 35.9 Å². The Hall–Kier alpha value is -1.39. The minimum Gasteiger partial charge on any atom is -0.461 e. The number of hydrogen-bond acceptors (Lipinski definition) is 4. The predicted molar refractivity (Wildman–Crippen MR) is 55.9 cm³/mol. The van der Waals surface area contributed by atoms with Crippen LogP contribution in [-0.4, -0.2) is 23.7 Å². The van der Waals surface area contributed by atoms with Gasteiger partial charge in [-0.15, -0.1) is 0 Å². The minimum atomic E-state index is -0.534. The molecule has 0 bridgehead atoms. The zero-order valence-electron chi connectivity index (χ0n) is 8.43. The van der Waals surface area contributed by atoms with Gasteiger partial charge in [-0.1, -0.05) is 30.3 Å². The number of hydrogen-bond donors (Lipinski definition) is 2. The van der Waals surface area contributed by atoms with Crippen molar-refractivity contribution in [1.82, 2.24) is 0 Å². The summed E-state index contributed by atoms with van der Waals surface area (Å²) >= 11 is 0. The number of ether oxygens (including phenoxy) is 1. The molecule has 0 aliphatic rings. The number of carbonyl (C=O) groups is 1. The van der Waals surface area contributed by atoms with E-state index >= 15 is 0 Å². The van der Waals surface area contributed by atoms with Crippen molar-refractivity contribution in [3.63, 3.8) is 0 Å². The molecule has 3 N–H and O–H groups in total. The quantitative estimate of drug-likeness (QED) is 0.690. The van der Waals surface area contributed by atoms with Crippen LogP contribution in [0, 0.1) is 0 Å². The van der Waals surface area contributed by atoms with Crippen LogP contribution in [0.2, 0.25) is 0 Å². The summed E-state index contributed by atoms with van der Waals surface area (Å²) in [5.74, 6) is -0.389. The van der Waals surface area contributed by atoms with Crippen molar-refractivity contribution >= 4 is 5.97 Å². The summed E-state index contributed by atoms with van der Waals surface area (Å²) in [4.78, 5) is 11.2. The average Bonchev–Trinajstić information content (AvgIpc) is 2.27. The Morgan fingerprint density at radius 2 is 2.07 bits per heavy atom. The Kier molecular flexibility index (Phi) is 4.80. The first-order valence-electron chi connectivity index (χ1n) is 4.78. The Morgan fingerprint density at radius 3 is 2.67 bits per heavy atom. The van der Waals surface area contributed by atoms with Crippen molar-refractivity contribution in [1.29, 1.82) is 0 Å². The van der Waals surface area contributed by atoms with Gasteiger partial charge in [0.2, 0.25) is 0 Å². The van der Waals surface area contributed by atoms with E-state index in [4.69, 9.17) is 15.6 Å². The molecule has 4 heteroatoms. The molecule has 0 saturated carbocycles. The van der Waals surface area contributed by atoms with Gasteiger partial charge in [-0.2, -0.15) is 0 Å². The van der Waals surface area contributed by atoms with Crippen LogP contribution < -0.4 is 5.73 Å². The van der Waals surface area contributed by atoms with E-state index in [2.05, 4.69) is 0 Å². The number of benzene rings is 1. The lowest BCUT2D eigenvalue weighted by molar-refractivity contribution is -0.145. The lowest BCUT2D eigenvalue weighted by Crippen LogP contribution is -2.28. The Balaban J connectivity index is 2.29. The smallest absolute Gasteiger partial charge is 0.307 e. The van der Waals surface area contributed by atoms with Gasteiger partial charge in [-0.25, -0.2) is 0 Å². The number of esters is 1. The van der Waals surface area contributed by atoms with E-state index in [-0.39, 0.29) is 25.6 Å². The van der Waals surface area contributed by atoms with Crippen molar-refractivity contribution in [3.8, 4) is 0 Å². The number of nitrogens with two attached hydrogens (primary N) is 1. The molecule has 0 unspecified atom stereocenters. The van der Waals surface area contributed by atoms with Crippen LogP contribution in [0.5, 0.6) is 0 Å². The van der Waals surface area contributed by atoms with E-state index in [1.54, 1.807) is 0 Å². The van der Waals surface area contributed by atoms with Gasteiger partial charge < -0.3 is 15.6 Å². The zero-order valence-corrected chi connectivity index (χ0v) is 8.43. The fourth-order valence-corrected chi connectivity index (χ4v) is 1.08. The van der Waals surface area contributed by atoms with Gasteiger partial charge in [0.25, 0.3) is 0 Å². The normalized spacial score (nSPS) is 12.1. The predicted octanol–water partition coefficient (Wildman–Crippen LogP) is 0.439. The summed E-state index contributed by atoms with van der Waals surface area (Å²) in [6, 6.07) is 8.87. The molecule has 1 aromatic rings. The largest absolute Gasteiger partial charge is 0.461 e. The molecule has 1 rings (SSSR count). The van der Waals surface area contributed by atoms with Crippen molar-refractivity contribution in [2.24, 2.45) is 5.73 Å². The Labute approximate surface area is 88.7 Å². The number of aliphatic hydroxyl groups excluding tert-OH is 1. The summed E-state index contributed by atoms with van der Waals surface area (Å²) in [6.45, 7) is 0.0399. The Bertz CT molecular complexity index is 300. The molecular formula is C11H15NO3. The van der Waals surface area contributed by atoms with Crippen LogP contribution >= 0.6 is 0 Å². The standard InChI is InChI=1S/C11H15NO3/c12-10(7-13)6-11(14)15-8-9-4-2-1-3-5-9/h1-5,10,13H,6-8,12H2/t10-/m0/s1. The maximum Gasteiger partial charge on any atom is 0.307 e. The Morgan fingerprint density at radius 1 is 1.40 bits per heavy atom. The fraction of sp³-hybridized carbons (Fsp3) is 0.364. The molecule has 1 atom stereocenters. The second-order valence-electron chi connectivity index (χ2n) is 3.29. The van der Waals surface area contributed by atoms with E-state index in [0.717, 1.165) is 5.56 Å². The van der Waals surface area contributed by atoms with Crippen molar-refractivity contribution < 1.29 is 14.6 Å². The zero-order chi connectivity index (χ0) is 11.1. The molecule has 0 radical (unpaired) electrons. The summed E-state index contributed by atoms with van der Waals surface area (Å²) in [5.41, 5.74) is 6.33. The molecule has 0 aliphatic carbocycles. The van der Waals surface area contributed by atoms with Crippen LogP contribution in [0.4, 0.5) is 0 Å². The van der Waals surface area contributed by atoms with Gasteiger partial charge in [-0.05, 0) is 5.56 Å². The second-order valence-corrected chi connectivity index (χ2v) is 3.29. The lowest BCUT2D eigenvalue weighted by Gasteiger charge is -2.08. The van der Waals surface area contributed by atoms with Gasteiger partial charge >= 0.3 is 5.97 Å². The van der Waals surface area contributed by atoms with E-state index in [1.807, 2.05) is 30.3 Å². The minimum absolute atomic E-state index is 0.0450. The number of rotatable bonds is 5. The molecule has 0 saturated heterocycles. The van der Waals surface area contributed by atoms with Crippen LogP contribution in [-0.2, 0) is 16.1 Å². The summed E-state index contributed by atoms with van der Waals surface area (Å²) < 4.78 is 4.97. The average molecular weight is 209 g/mol. The third kappa shape index (κ3) is 4.58. The molecule has 15 heavy (non-hydrogen) atoms. The molecule has 0 aromatic heterocycles. The highest BCUT2D eigenvalue weighted by atomic mass is 16.5. The van der Waals surface area contributed by atoms with E-state index in [1.165, 1.54) is 0 Å². The highest BCUT2D eigenvalue weighted by molar-refractivity contribution is 5.70. The highest BCUT2D eigenvalue weighted by Crippen LogP contribution is 2.02. The first-order chi connectivity index (χ1) is 7.22. The van der Waals surface area contributed by atoms with Gasteiger partial charge in [-0.3, -0.25) is 4.79 Å².